The van der Waals surface area contributed by atoms with Crippen molar-refractivity contribution in [2.75, 3.05) is 0 Å². The van der Waals surface area contributed by atoms with Crippen molar-refractivity contribution in [3.63, 3.8) is 0 Å². The number of aromatic nitrogens is 4. The molecule has 11 rings (SSSR count). The van der Waals surface area contributed by atoms with Gasteiger partial charge in [0.2, 0.25) is 0 Å². The Morgan fingerprint density at radius 3 is 1.39 bits per heavy atom. The van der Waals surface area contributed by atoms with Crippen LogP contribution in [-0.4, -0.2) is 19.9 Å². The van der Waals surface area contributed by atoms with E-state index in [-0.39, 0.29) is 0 Å². The van der Waals surface area contributed by atoms with E-state index in [1.54, 1.807) is 0 Å². The highest BCUT2D eigenvalue weighted by molar-refractivity contribution is 6.27. The molecule has 0 saturated heterocycles. The van der Waals surface area contributed by atoms with Crippen LogP contribution in [0.3, 0.4) is 0 Å². The quantitative estimate of drug-likeness (QED) is 0.160. The Morgan fingerprint density at radius 2 is 0.754 bits per heavy atom. The van der Waals surface area contributed by atoms with E-state index < -0.39 is 0 Å². The van der Waals surface area contributed by atoms with Crippen LogP contribution in [0.4, 0.5) is 0 Å². The SMILES string of the molecule is c1ccc(-c2ccc(-c3nc4ccccc4c4c(-c5ccc(-c6nc(-c7ccccc7)nc(-c7ccccc7)n6)cc5)c5c(cc34)oc3ccccc35)cc2)cc1. The van der Waals surface area contributed by atoms with Gasteiger partial charge >= 0.3 is 0 Å². The van der Waals surface area contributed by atoms with Crippen molar-refractivity contribution >= 4 is 43.6 Å². The van der Waals surface area contributed by atoms with Gasteiger partial charge in [-0.25, -0.2) is 19.9 Å². The van der Waals surface area contributed by atoms with Crippen LogP contribution in [-0.2, 0) is 0 Å². The third kappa shape index (κ3) is 5.72. The maximum absolute atomic E-state index is 6.65. The molecule has 0 aliphatic rings. The van der Waals surface area contributed by atoms with Crippen molar-refractivity contribution < 1.29 is 4.42 Å². The van der Waals surface area contributed by atoms with E-state index in [4.69, 9.17) is 24.4 Å². The van der Waals surface area contributed by atoms with Gasteiger partial charge in [0.25, 0.3) is 0 Å². The van der Waals surface area contributed by atoms with Gasteiger partial charge in [0, 0.05) is 54.7 Å². The summed E-state index contributed by atoms with van der Waals surface area (Å²) in [7, 11) is 0. The van der Waals surface area contributed by atoms with Gasteiger partial charge in [-0.2, -0.15) is 0 Å². The molecule has 0 N–H and O–H groups in total. The van der Waals surface area contributed by atoms with Crippen LogP contribution in [0.15, 0.2) is 199 Å². The number of rotatable bonds is 6. The zero-order valence-electron chi connectivity index (χ0n) is 30.7. The van der Waals surface area contributed by atoms with Gasteiger partial charge < -0.3 is 4.42 Å². The monoisotopic (exact) mass is 728 g/mol. The Kier molecular flexibility index (Phi) is 7.74. The number of para-hydroxylation sites is 2. The van der Waals surface area contributed by atoms with Gasteiger partial charge in [0.1, 0.15) is 11.2 Å². The summed E-state index contributed by atoms with van der Waals surface area (Å²) in [6, 6.07) is 66.9. The molecular weight excluding hydrogens is 697 g/mol. The molecule has 5 heteroatoms. The fraction of sp³-hybridized carbons (Fsp3) is 0. The lowest BCUT2D eigenvalue weighted by Crippen LogP contribution is -2.00. The molecule has 57 heavy (non-hydrogen) atoms. The highest BCUT2D eigenvalue weighted by atomic mass is 16.3. The molecule has 3 heterocycles. The molecule has 0 amide bonds. The minimum atomic E-state index is 0.613. The molecular formula is C52H32N4O. The summed E-state index contributed by atoms with van der Waals surface area (Å²) in [6.07, 6.45) is 0. The van der Waals surface area contributed by atoms with Gasteiger partial charge in [-0.1, -0.05) is 176 Å². The summed E-state index contributed by atoms with van der Waals surface area (Å²) >= 11 is 0. The first-order valence-electron chi connectivity index (χ1n) is 19.1. The van der Waals surface area contributed by atoms with E-state index in [0.717, 1.165) is 88.3 Å². The Bertz CT molecular complexity index is 3190. The number of fused-ring (bicyclic) bond motifs is 6. The second-order valence-corrected chi connectivity index (χ2v) is 14.2. The molecule has 0 unspecified atom stereocenters. The van der Waals surface area contributed by atoms with E-state index in [1.165, 1.54) is 5.56 Å². The fourth-order valence-corrected chi connectivity index (χ4v) is 8.00. The second kappa shape index (κ2) is 13.5. The normalized spacial score (nSPS) is 11.5. The van der Waals surface area contributed by atoms with Gasteiger partial charge in [0.15, 0.2) is 17.5 Å². The topological polar surface area (TPSA) is 64.7 Å². The zero-order valence-corrected chi connectivity index (χ0v) is 30.7. The predicted octanol–water partition coefficient (Wildman–Crippen LogP) is 13.5. The van der Waals surface area contributed by atoms with Crippen LogP contribution in [0.1, 0.15) is 0 Å². The molecule has 3 aromatic heterocycles. The number of furan rings is 1. The minimum absolute atomic E-state index is 0.613. The molecule has 0 atom stereocenters. The van der Waals surface area contributed by atoms with Crippen LogP contribution in [0.5, 0.6) is 0 Å². The maximum atomic E-state index is 6.65. The van der Waals surface area contributed by atoms with Crippen molar-refractivity contribution in [2.45, 2.75) is 0 Å². The Labute approximate surface area is 328 Å². The molecule has 0 radical (unpaired) electrons. The third-order valence-electron chi connectivity index (χ3n) is 10.7. The Hall–Kier alpha value is -7.76. The molecule has 0 spiro atoms. The Balaban J connectivity index is 1.14. The molecule has 11 aromatic rings. The lowest BCUT2D eigenvalue weighted by molar-refractivity contribution is 0.669. The molecule has 0 fully saturated rings. The largest absolute Gasteiger partial charge is 0.456 e. The van der Waals surface area contributed by atoms with Crippen molar-refractivity contribution in [3.8, 4) is 67.7 Å². The van der Waals surface area contributed by atoms with Crippen molar-refractivity contribution in [1.82, 2.24) is 19.9 Å². The van der Waals surface area contributed by atoms with E-state index in [9.17, 15) is 0 Å². The first-order valence-corrected chi connectivity index (χ1v) is 19.1. The van der Waals surface area contributed by atoms with Crippen LogP contribution in [0.2, 0.25) is 0 Å². The summed E-state index contributed by atoms with van der Waals surface area (Å²) in [5.74, 6) is 1.88. The lowest BCUT2D eigenvalue weighted by atomic mass is 9.89. The van der Waals surface area contributed by atoms with E-state index in [2.05, 4.69) is 115 Å². The zero-order chi connectivity index (χ0) is 37.7. The highest BCUT2D eigenvalue weighted by Crippen LogP contribution is 2.46. The molecule has 266 valence electrons. The van der Waals surface area contributed by atoms with Crippen LogP contribution >= 0.6 is 0 Å². The standard InChI is InChI=1S/C52H32N4O/c1-4-14-33(15-5-1)34-24-28-36(29-25-34)49-42-32-45-48(41-21-11-13-23-44(41)57-45)46(47(42)40-20-10-12-22-43(40)53-49)35-26-30-39(31-27-35)52-55-50(37-16-6-2-7-17-37)54-51(56-52)38-18-8-3-9-19-38/h1-32H. The maximum Gasteiger partial charge on any atom is 0.164 e. The van der Waals surface area contributed by atoms with Gasteiger partial charge in [-0.05, 0) is 34.9 Å². The average Bonchev–Trinajstić information content (AvgIpc) is 3.67. The van der Waals surface area contributed by atoms with Crippen LogP contribution in [0, 0.1) is 0 Å². The van der Waals surface area contributed by atoms with Crippen LogP contribution in [0.25, 0.3) is 111 Å². The molecule has 5 nitrogen and oxygen atoms in total. The first kappa shape index (κ1) is 32.7. The molecule has 0 aliphatic heterocycles. The van der Waals surface area contributed by atoms with E-state index in [0.29, 0.717) is 17.5 Å². The van der Waals surface area contributed by atoms with Gasteiger partial charge in [0.05, 0.1) is 11.2 Å². The van der Waals surface area contributed by atoms with Crippen LogP contribution < -0.4 is 0 Å². The van der Waals surface area contributed by atoms with Gasteiger partial charge in [-0.3, -0.25) is 0 Å². The number of nitrogens with zero attached hydrogens (tertiary/aromatic N) is 4. The molecule has 0 aliphatic carbocycles. The fourth-order valence-electron chi connectivity index (χ4n) is 8.00. The minimum Gasteiger partial charge on any atom is -0.456 e. The Morgan fingerprint density at radius 1 is 0.298 bits per heavy atom. The molecule has 8 aromatic carbocycles. The summed E-state index contributed by atoms with van der Waals surface area (Å²) < 4.78 is 6.65. The highest BCUT2D eigenvalue weighted by Gasteiger charge is 2.22. The van der Waals surface area contributed by atoms with E-state index in [1.807, 2.05) is 78.9 Å². The van der Waals surface area contributed by atoms with Crippen molar-refractivity contribution in [2.24, 2.45) is 0 Å². The smallest absolute Gasteiger partial charge is 0.164 e. The number of hydrogen-bond donors (Lipinski definition) is 0. The summed E-state index contributed by atoms with van der Waals surface area (Å²) in [6.45, 7) is 0. The molecule has 0 saturated carbocycles. The summed E-state index contributed by atoms with van der Waals surface area (Å²) in [5.41, 5.74) is 11.8. The van der Waals surface area contributed by atoms with Crippen molar-refractivity contribution in [3.05, 3.63) is 194 Å². The summed E-state index contributed by atoms with van der Waals surface area (Å²) in [4.78, 5) is 20.2. The lowest BCUT2D eigenvalue weighted by Gasteiger charge is -2.16. The van der Waals surface area contributed by atoms with Gasteiger partial charge in [-0.15, -0.1) is 0 Å². The third-order valence-corrected chi connectivity index (χ3v) is 10.7. The average molecular weight is 729 g/mol. The van der Waals surface area contributed by atoms with Crippen molar-refractivity contribution in [1.29, 1.82) is 0 Å². The summed E-state index contributed by atoms with van der Waals surface area (Å²) in [5, 5.41) is 5.39. The number of pyridine rings is 1. The first-order chi connectivity index (χ1) is 28.2. The predicted molar refractivity (Wildman–Crippen MR) is 233 cm³/mol. The number of benzene rings is 8. The van der Waals surface area contributed by atoms with E-state index >= 15 is 0 Å². The number of hydrogen-bond acceptors (Lipinski definition) is 5. The second-order valence-electron chi connectivity index (χ2n) is 14.2. The molecule has 0 bridgehead atoms.